The molecule has 1 aliphatic heterocycles. The van der Waals surface area contributed by atoms with Crippen molar-refractivity contribution in [2.24, 2.45) is 11.8 Å². The lowest BCUT2D eigenvalue weighted by atomic mass is 9.90. The molecule has 3 rings (SSSR count). The van der Waals surface area contributed by atoms with Crippen LogP contribution in [0, 0.1) is 25.7 Å². The van der Waals surface area contributed by atoms with Gasteiger partial charge in [-0.2, -0.15) is 5.10 Å². The number of carbonyl (C=O) groups is 1. The zero-order valence-electron chi connectivity index (χ0n) is 19.3. The van der Waals surface area contributed by atoms with Gasteiger partial charge in [-0.25, -0.2) is 0 Å². The van der Waals surface area contributed by atoms with Gasteiger partial charge in [0.05, 0.1) is 12.8 Å². The molecule has 1 fully saturated rings. The van der Waals surface area contributed by atoms with Gasteiger partial charge in [0.1, 0.15) is 5.75 Å². The summed E-state index contributed by atoms with van der Waals surface area (Å²) in [6.45, 7) is 11.3. The van der Waals surface area contributed by atoms with Gasteiger partial charge in [0.15, 0.2) is 0 Å². The predicted molar refractivity (Wildman–Crippen MR) is 121 cm³/mol. The van der Waals surface area contributed by atoms with E-state index in [1.165, 1.54) is 16.8 Å². The van der Waals surface area contributed by atoms with Crippen molar-refractivity contribution >= 4 is 5.91 Å². The van der Waals surface area contributed by atoms with Gasteiger partial charge in [-0.15, -0.1) is 0 Å². The summed E-state index contributed by atoms with van der Waals surface area (Å²) in [5.41, 5.74) is 4.88. The van der Waals surface area contributed by atoms with E-state index in [0.29, 0.717) is 18.3 Å². The molecule has 0 spiro atoms. The number of nitrogens with zero attached hydrogens (tertiary/aromatic N) is 3. The average molecular weight is 412 g/mol. The maximum absolute atomic E-state index is 12.8. The maximum atomic E-state index is 12.8. The van der Waals surface area contributed by atoms with E-state index in [1.807, 2.05) is 12.1 Å². The van der Waals surface area contributed by atoms with Crippen LogP contribution in [0.4, 0.5) is 0 Å². The fourth-order valence-corrected chi connectivity index (χ4v) is 4.49. The molecule has 0 aliphatic carbocycles. The van der Waals surface area contributed by atoms with Crippen LogP contribution < -0.4 is 4.74 Å². The molecular formula is C25H37N3O2. The van der Waals surface area contributed by atoms with E-state index in [2.05, 4.69) is 54.5 Å². The Morgan fingerprint density at radius 1 is 1.17 bits per heavy atom. The molecule has 0 radical (unpaired) electrons. The molecule has 164 valence electrons. The summed E-state index contributed by atoms with van der Waals surface area (Å²) >= 11 is 0. The molecule has 0 bridgehead atoms. The Kier molecular flexibility index (Phi) is 7.57. The first-order valence-corrected chi connectivity index (χ1v) is 11.3. The van der Waals surface area contributed by atoms with Gasteiger partial charge < -0.3 is 9.64 Å². The SMILES string of the molecule is COc1ccc(CC2CCN(C(=O)CCc3c(C)nn(CC(C)C)c3C)CC2)cc1. The minimum absolute atomic E-state index is 0.285. The lowest BCUT2D eigenvalue weighted by Crippen LogP contribution is -2.39. The van der Waals surface area contributed by atoms with Crippen LogP contribution in [0.25, 0.3) is 0 Å². The molecule has 1 aliphatic rings. The highest BCUT2D eigenvalue weighted by atomic mass is 16.5. The number of ether oxygens (including phenoxy) is 1. The fourth-order valence-electron chi connectivity index (χ4n) is 4.49. The minimum Gasteiger partial charge on any atom is -0.497 e. The summed E-state index contributed by atoms with van der Waals surface area (Å²) in [5, 5.41) is 4.69. The summed E-state index contributed by atoms with van der Waals surface area (Å²) in [5.74, 6) is 2.41. The van der Waals surface area contributed by atoms with E-state index >= 15 is 0 Å². The Morgan fingerprint density at radius 3 is 2.43 bits per heavy atom. The van der Waals surface area contributed by atoms with Crippen molar-refractivity contribution in [2.75, 3.05) is 20.2 Å². The van der Waals surface area contributed by atoms with E-state index < -0.39 is 0 Å². The van der Waals surface area contributed by atoms with Gasteiger partial charge in [-0.3, -0.25) is 9.48 Å². The monoisotopic (exact) mass is 411 g/mol. The molecule has 0 unspecified atom stereocenters. The number of aromatic nitrogens is 2. The first kappa shape index (κ1) is 22.4. The molecule has 0 N–H and O–H groups in total. The second-order valence-electron chi connectivity index (χ2n) is 9.10. The number of amides is 1. The molecule has 2 heterocycles. The molecule has 1 aromatic carbocycles. The van der Waals surface area contributed by atoms with E-state index in [4.69, 9.17) is 4.74 Å². The molecule has 5 heteroatoms. The number of rotatable bonds is 8. The Balaban J connectivity index is 1.47. The largest absolute Gasteiger partial charge is 0.497 e. The molecule has 5 nitrogen and oxygen atoms in total. The Bertz CT molecular complexity index is 831. The Hall–Kier alpha value is -2.30. The van der Waals surface area contributed by atoms with Gasteiger partial charge in [-0.1, -0.05) is 26.0 Å². The zero-order chi connectivity index (χ0) is 21.7. The standard InChI is InChI=1S/C25H37N3O2/c1-18(2)17-28-20(4)24(19(3)26-28)10-11-25(29)27-14-12-22(13-15-27)16-21-6-8-23(30-5)9-7-21/h6-9,18,22H,10-17H2,1-5H3. The molecule has 0 atom stereocenters. The molecule has 1 saturated heterocycles. The molecule has 1 amide bonds. The number of hydrogen-bond donors (Lipinski definition) is 0. The first-order valence-electron chi connectivity index (χ1n) is 11.3. The topological polar surface area (TPSA) is 47.4 Å². The highest BCUT2D eigenvalue weighted by molar-refractivity contribution is 5.76. The van der Waals surface area contributed by atoms with Crippen LogP contribution in [-0.2, 0) is 24.2 Å². The third-order valence-electron chi connectivity index (χ3n) is 6.31. The fraction of sp³-hybridized carbons (Fsp3) is 0.600. The van der Waals surface area contributed by atoms with Crippen LogP contribution in [0.1, 0.15) is 55.6 Å². The van der Waals surface area contributed by atoms with Crippen molar-refractivity contribution in [1.82, 2.24) is 14.7 Å². The maximum Gasteiger partial charge on any atom is 0.222 e. The van der Waals surface area contributed by atoms with Crippen molar-refractivity contribution < 1.29 is 9.53 Å². The second kappa shape index (κ2) is 10.1. The predicted octanol–water partition coefficient (Wildman–Crippen LogP) is 4.58. The summed E-state index contributed by atoms with van der Waals surface area (Å²) in [6, 6.07) is 8.36. The summed E-state index contributed by atoms with van der Waals surface area (Å²) < 4.78 is 7.34. The van der Waals surface area contributed by atoms with E-state index in [1.54, 1.807) is 7.11 Å². The Morgan fingerprint density at radius 2 is 1.83 bits per heavy atom. The molecule has 30 heavy (non-hydrogen) atoms. The van der Waals surface area contributed by atoms with E-state index in [9.17, 15) is 4.79 Å². The van der Waals surface area contributed by atoms with Crippen LogP contribution in [0.15, 0.2) is 24.3 Å². The van der Waals surface area contributed by atoms with Crippen LogP contribution in [0.3, 0.4) is 0 Å². The number of hydrogen-bond acceptors (Lipinski definition) is 3. The molecule has 1 aromatic heterocycles. The average Bonchev–Trinajstić information content (AvgIpc) is 2.99. The van der Waals surface area contributed by atoms with Crippen molar-refractivity contribution in [2.45, 2.75) is 66.3 Å². The van der Waals surface area contributed by atoms with E-state index in [0.717, 1.165) is 56.8 Å². The van der Waals surface area contributed by atoms with Crippen molar-refractivity contribution in [3.63, 3.8) is 0 Å². The molecule has 0 saturated carbocycles. The summed E-state index contributed by atoms with van der Waals surface area (Å²) in [4.78, 5) is 14.9. The quantitative estimate of drug-likeness (QED) is 0.639. The number of benzene rings is 1. The van der Waals surface area contributed by atoms with Crippen LogP contribution in [0.2, 0.25) is 0 Å². The minimum atomic E-state index is 0.285. The molecular weight excluding hydrogens is 374 g/mol. The highest BCUT2D eigenvalue weighted by Crippen LogP contribution is 2.24. The normalized spacial score (nSPS) is 15.1. The number of likely N-dealkylation sites (tertiary alicyclic amines) is 1. The smallest absolute Gasteiger partial charge is 0.222 e. The van der Waals surface area contributed by atoms with Gasteiger partial charge in [0.2, 0.25) is 5.91 Å². The lowest BCUT2D eigenvalue weighted by molar-refractivity contribution is -0.132. The van der Waals surface area contributed by atoms with Crippen molar-refractivity contribution in [1.29, 1.82) is 0 Å². The van der Waals surface area contributed by atoms with Crippen molar-refractivity contribution in [3.8, 4) is 5.75 Å². The third kappa shape index (κ3) is 5.65. The number of aryl methyl sites for hydroxylation is 1. The second-order valence-corrected chi connectivity index (χ2v) is 9.10. The number of carbonyl (C=O) groups excluding carboxylic acids is 1. The van der Waals surface area contributed by atoms with Crippen LogP contribution >= 0.6 is 0 Å². The van der Waals surface area contributed by atoms with Gasteiger partial charge in [-0.05, 0) is 74.6 Å². The summed E-state index contributed by atoms with van der Waals surface area (Å²) in [6.07, 6.45) is 4.63. The van der Waals surface area contributed by atoms with Gasteiger partial charge in [0.25, 0.3) is 0 Å². The Labute approximate surface area is 181 Å². The first-order chi connectivity index (χ1) is 14.4. The molecule has 2 aromatic rings. The van der Waals surface area contributed by atoms with Crippen molar-refractivity contribution in [3.05, 3.63) is 46.8 Å². The number of piperidine rings is 1. The zero-order valence-corrected chi connectivity index (χ0v) is 19.3. The highest BCUT2D eigenvalue weighted by Gasteiger charge is 2.23. The van der Waals surface area contributed by atoms with Crippen LogP contribution in [0.5, 0.6) is 5.75 Å². The van der Waals surface area contributed by atoms with Gasteiger partial charge >= 0.3 is 0 Å². The lowest BCUT2D eigenvalue weighted by Gasteiger charge is -2.32. The number of methoxy groups -OCH3 is 1. The summed E-state index contributed by atoms with van der Waals surface area (Å²) in [7, 11) is 1.70. The van der Waals surface area contributed by atoms with Crippen LogP contribution in [-0.4, -0.2) is 40.8 Å². The van der Waals surface area contributed by atoms with E-state index in [-0.39, 0.29) is 5.91 Å². The van der Waals surface area contributed by atoms with Gasteiger partial charge in [0, 0.05) is 31.7 Å². The third-order valence-corrected chi connectivity index (χ3v) is 6.31.